The van der Waals surface area contributed by atoms with Crippen molar-refractivity contribution in [1.29, 1.82) is 0 Å². The lowest BCUT2D eigenvalue weighted by molar-refractivity contribution is -0.133. The lowest BCUT2D eigenvalue weighted by atomic mass is 10.0. The molecule has 2 rings (SSSR count). The van der Waals surface area contributed by atoms with Crippen molar-refractivity contribution in [2.75, 3.05) is 39.3 Å². The SMILES string of the molecule is CC1(C)C(C(=O)N2CCCN(CCCN)CC2)C1(C)C. The number of rotatable bonds is 4. The van der Waals surface area contributed by atoms with Gasteiger partial charge in [0.1, 0.15) is 0 Å². The Kier molecular flexibility index (Phi) is 4.45. The van der Waals surface area contributed by atoms with Gasteiger partial charge in [0.2, 0.25) is 5.91 Å². The number of hydrogen-bond acceptors (Lipinski definition) is 3. The Balaban J connectivity index is 1.90. The van der Waals surface area contributed by atoms with E-state index in [2.05, 4.69) is 37.5 Å². The van der Waals surface area contributed by atoms with E-state index in [1.807, 2.05) is 0 Å². The van der Waals surface area contributed by atoms with Gasteiger partial charge in [0.25, 0.3) is 0 Å². The van der Waals surface area contributed by atoms with Crippen molar-refractivity contribution in [3.05, 3.63) is 0 Å². The van der Waals surface area contributed by atoms with Crippen LogP contribution in [0.25, 0.3) is 0 Å². The van der Waals surface area contributed by atoms with Crippen LogP contribution in [0.3, 0.4) is 0 Å². The molecule has 2 fully saturated rings. The lowest BCUT2D eigenvalue weighted by Gasteiger charge is -2.22. The van der Waals surface area contributed by atoms with E-state index in [4.69, 9.17) is 5.73 Å². The molecule has 1 saturated heterocycles. The Morgan fingerprint density at radius 3 is 2.30 bits per heavy atom. The van der Waals surface area contributed by atoms with Gasteiger partial charge in [-0.25, -0.2) is 0 Å². The minimum absolute atomic E-state index is 0.148. The van der Waals surface area contributed by atoms with Crippen LogP contribution >= 0.6 is 0 Å². The third-order valence-corrected chi connectivity index (χ3v) is 5.85. The molecule has 1 aliphatic carbocycles. The van der Waals surface area contributed by atoms with E-state index < -0.39 is 0 Å². The van der Waals surface area contributed by atoms with Crippen LogP contribution < -0.4 is 5.73 Å². The molecule has 20 heavy (non-hydrogen) atoms. The summed E-state index contributed by atoms with van der Waals surface area (Å²) in [6.07, 6.45) is 2.14. The van der Waals surface area contributed by atoms with Crippen LogP contribution in [0, 0.1) is 16.7 Å². The molecule has 0 atom stereocenters. The van der Waals surface area contributed by atoms with E-state index in [0.29, 0.717) is 5.91 Å². The summed E-state index contributed by atoms with van der Waals surface area (Å²) in [7, 11) is 0. The Hall–Kier alpha value is -0.610. The molecule has 1 heterocycles. The maximum absolute atomic E-state index is 12.8. The zero-order valence-electron chi connectivity index (χ0n) is 13.6. The van der Waals surface area contributed by atoms with Gasteiger partial charge in [-0.2, -0.15) is 0 Å². The maximum Gasteiger partial charge on any atom is 0.226 e. The van der Waals surface area contributed by atoms with Gasteiger partial charge in [0.05, 0.1) is 0 Å². The average Bonchev–Trinajstić information content (AvgIpc) is 2.90. The predicted octanol–water partition coefficient (Wildman–Crippen LogP) is 1.55. The van der Waals surface area contributed by atoms with E-state index in [1.54, 1.807) is 0 Å². The molecule has 2 aliphatic rings. The highest BCUT2D eigenvalue weighted by Gasteiger charge is 2.68. The van der Waals surface area contributed by atoms with Gasteiger partial charge in [0.15, 0.2) is 0 Å². The molecular weight excluding hydrogens is 250 g/mol. The van der Waals surface area contributed by atoms with Crippen LogP contribution in [0.1, 0.15) is 40.5 Å². The third-order valence-electron chi connectivity index (χ3n) is 5.85. The van der Waals surface area contributed by atoms with Crippen LogP contribution in [0.2, 0.25) is 0 Å². The molecule has 0 unspecified atom stereocenters. The second kappa shape index (κ2) is 5.64. The maximum atomic E-state index is 12.8. The molecule has 0 aromatic heterocycles. The van der Waals surface area contributed by atoms with Gasteiger partial charge in [-0.15, -0.1) is 0 Å². The van der Waals surface area contributed by atoms with E-state index in [1.165, 1.54) is 0 Å². The van der Waals surface area contributed by atoms with Crippen molar-refractivity contribution in [2.24, 2.45) is 22.5 Å². The predicted molar refractivity (Wildman–Crippen MR) is 82.4 cm³/mol. The summed E-state index contributed by atoms with van der Waals surface area (Å²) in [4.78, 5) is 17.3. The van der Waals surface area contributed by atoms with Gasteiger partial charge in [-0.1, -0.05) is 27.7 Å². The third kappa shape index (κ3) is 2.73. The molecule has 2 N–H and O–H groups in total. The van der Waals surface area contributed by atoms with Crippen LogP contribution in [0.4, 0.5) is 0 Å². The van der Waals surface area contributed by atoms with Gasteiger partial charge in [-0.3, -0.25) is 4.79 Å². The number of nitrogens with two attached hydrogens (primary N) is 1. The first-order chi connectivity index (χ1) is 9.32. The van der Waals surface area contributed by atoms with E-state index in [9.17, 15) is 4.79 Å². The first-order valence-corrected chi connectivity index (χ1v) is 8.03. The van der Waals surface area contributed by atoms with Gasteiger partial charge in [-0.05, 0) is 43.3 Å². The van der Waals surface area contributed by atoms with Crippen LogP contribution in [-0.4, -0.2) is 55.0 Å². The van der Waals surface area contributed by atoms with Gasteiger partial charge < -0.3 is 15.5 Å². The second-order valence-electron chi connectivity index (χ2n) is 7.54. The van der Waals surface area contributed by atoms with E-state index in [-0.39, 0.29) is 16.7 Å². The van der Waals surface area contributed by atoms with Crippen molar-refractivity contribution >= 4 is 5.91 Å². The van der Waals surface area contributed by atoms with Crippen molar-refractivity contribution in [3.8, 4) is 0 Å². The minimum atomic E-state index is 0.148. The fourth-order valence-corrected chi connectivity index (χ4v) is 3.73. The van der Waals surface area contributed by atoms with Crippen molar-refractivity contribution in [2.45, 2.75) is 40.5 Å². The fourth-order valence-electron chi connectivity index (χ4n) is 3.73. The number of carbonyl (C=O) groups excluding carboxylic acids is 1. The average molecular weight is 281 g/mol. The summed E-state index contributed by atoms with van der Waals surface area (Å²) in [5.41, 5.74) is 5.87. The minimum Gasteiger partial charge on any atom is -0.341 e. The first kappa shape index (κ1) is 15.8. The van der Waals surface area contributed by atoms with Gasteiger partial charge >= 0.3 is 0 Å². The smallest absolute Gasteiger partial charge is 0.226 e. The molecule has 0 bridgehead atoms. The van der Waals surface area contributed by atoms with Crippen LogP contribution in [0.5, 0.6) is 0 Å². The fraction of sp³-hybridized carbons (Fsp3) is 0.938. The summed E-state index contributed by atoms with van der Waals surface area (Å²) < 4.78 is 0. The molecule has 0 aromatic carbocycles. The standard InChI is InChI=1S/C16H31N3O/c1-15(2)13(16(15,3)4)14(20)19-10-6-9-18(11-12-19)8-5-7-17/h13H,5-12,17H2,1-4H3. The highest BCUT2D eigenvalue weighted by Crippen LogP contribution is 2.68. The number of amides is 1. The molecule has 116 valence electrons. The Labute approximate surface area is 123 Å². The van der Waals surface area contributed by atoms with Gasteiger partial charge in [0, 0.05) is 25.6 Å². The Bertz CT molecular complexity index is 351. The highest BCUT2D eigenvalue weighted by molar-refractivity contribution is 5.84. The molecular formula is C16H31N3O. The summed E-state index contributed by atoms with van der Waals surface area (Å²) in [5, 5.41) is 0. The van der Waals surface area contributed by atoms with Crippen molar-refractivity contribution in [3.63, 3.8) is 0 Å². The zero-order valence-corrected chi connectivity index (χ0v) is 13.6. The summed E-state index contributed by atoms with van der Waals surface area (Å²) in [6.45, 7) is 14.6. The summed E-state index contributed by atoms with van der Waals surface area (Å²) in [5.74, 6) is 0.575. The highest BCUT2D eigenvalue weighted by atomic mass is 16.2. The summed E-state index contributed by atoms with van der Waals surface area (Å²) in [6, 6.07) is 0. The second-order valence-corrected chi connectivity index (χ2v) is 7.54. The molecule has 0 aromatic rings. The summed E-state index contributed by atoms with van der Waals surface area (Å²) >= 11 is 0. The molecule has 4 heteroatoms. The molecule has 4 nitrogen and oxygen atoms in total. The molecule has 1 saturated carbocycles. The van der Waals surface area contributed by atoms with E-state index >= 15 is 0 Å². The van der Waals surface area contributed by atoms with Crippen LogP contribution in [-0.2, 0) is 4.79 Å². The van der Waals surface area contributed by atoms with E-state index in [0.717, 1.165) is 52.1 Å². The van der Waals surface area contributed by atoms with Crippen molar-refractivity contribution < 1.29 is 4.79 Å². The monoisotopic (exact) mass is 281 g/mol. The molecule has 0 radical (unpaired) electrons. The lowest BCUT2D eigenvalue weighted by Crippen LogP contribution is -2.37. The molecule has 0 spiro atoms. The number of carbonyl (C=O) groups is 1. The molecule has 1 aliphatic heterocycles. The van der Waals surface area contributed by atoms with Crippen molar-refractivity contribution in [1.82, 2.24) is 9.80 Å². The number of hydrogen-bond donors (Lipinski definition) is 1. The van der Waals surface area contributed by atoms with Crippen LogP contribution in [0.15, 0.2) is 0 Å². The first-order valence-electron chi connectivity index (χ1n) is 8.03. The zero-order chi connectivity index (χ0) is 15.0. The Morgan fingerprint density at radius 1 is 1.10 bits per heavy atom. The number of nitrogens with zero attached hydrogens (tertiary/aromatic N) is 2. The Morgan fingerprint density at radius 2 is 1.75 bits per heavy atom. The largest absolute Gasteiger partial charge is 0.341 e. The topological polar surface area (TPSA) is 49.6 Å². The normalized spacial score (nSPS) is 26.4. The quantitative estimate of drug-likeness (QED) is 0.850. The molecule has 1 amide bonds.